The lowest BCUT2D eigenvalue weighted by Crippen LogP contribution is -2.51. The number of fused-ring (bicyclic) bond motifs is 2. The molecule has 2 aliphatic rings. The Kier molecular flexibility index (Phi) is 6.97. The molecule has 3 aromatic rings. The maximum absolute atomic E-state index is 13.2. The molecule has 0 saturated carbocycles. The zero-order valence-corrected chi connectivity index (χ0v) is 23.5. The van der Waals surface area contributed by atoms with Crippen LogP contribution in [0.3, 0.4) is 0 Å². The number of carbonyl (C=O) groups excluding carboxylic acids is 2. The number of hydrogen-bond donors (Lipinski definition) is 2. The van der Waals surface area contributed by atoms with E-state index in [0.717, 1.165) is 11.1 Å². The van der Waals surface area contributed by atoms with E-state index in [4.69, 9.17) is 4.74 Å². The molecule has 2 aromatic carbocycles. The Morgan fingerprint density at radius 3 is 2.36 bits per heavy atom. The zero-order chi connectivity index (χ0) is 27.8. The maximum atomic E-state index is 13.2. The molecule has 1 fully saturated rings. The van der Waals surface area contributed by atoms with E-state index >= 15 is 0 Å². The topological polar surface area (TPSA) is 134 Å². The van der Waals surface area contributed by atoms with Gasteiger partial charge in [0, 0.05) is 30.6 Å². The lowest BCUT2D eigenvalue weighted by Gasteiger charge is -2.39. The smallest absolute Gasteiger partial charge is 0.422 e. The fourth-order valence-corrected chi connectivity index (χ4v) is 6.90. The zero-order valence-electron chi connectivity index (χ0n) is 21.9. The summed E-state index contributed by atoms with van der Waals surface area (Å²) < 4.78 is 34.9. The summed E-state index contributed by atoms with van der Waals surface area (Å²) in [5.41, 5.74) is 1.01. The third kappa shape index (κ3) is 5.69. The second-order valence-electron chi connectivity index (χ2n) is 10.6. The molecule has 0 radical (unpaired) electrons. The van der Waals surface area contributed by atoms with Crippen molar-refractivity contribution in [2.75, 3.05) is 29.3 Å². The van der Waals surface area contributed by atoms with Gasteiger partial charge in [0.15, 0.2) is 0 Å². The van der Waals surface area contributed by atoms with E-state index in [0.29, 0.717) is 41.8 Å². The highest BCUT2D eigenvalue weighted by Crippen LogP contribution is 2.47. The van der Waals surface area contributed by atoms with Gasteiger partial charge in [-0.05, 0) is 45.2 Å². The van der Waals surface area contributed by atoms with Crippen LogP contribution in [0.5, 0.6) is 0 Å². The number of likely N-dealkylation sites (tertiary alicyclic amines) is 1. The number of hydrogen-bond acceptors (Lipinski definition) is 8. The summed E-state index contributed by atoms with van der Waals surface area (Å²) in [7, 11) is -4.21. The van der Waals surface area contributed by atoms with Gasteiger partial charge in [0.2, 0.25) is 5.13 Å². The van der Waals surface area contributed by atoms with Crippen LogP contribution in [0.25, 0.3) is 10.6 Å². The highest BCUT2D eigenvalue weighted by molar-refractivity contribution is 7.91. The molecule has 13 heteroatoms. The summed E-state index contributed by atoms with van der Waals surface area (Å²) in [5.74, 6) is 0. The summed E-state index contributed by atoms with van der Waals surface area (Å²) >= 11 is 1.30. The van der Waals surface area contributed by atoms with Crippen LogP contribution >= 0.6 is 11.3 Å². The van der Waals surface area contributed by atoms with Crippen molar-refractivity contribution < 1.29 is 22.7 Å². The Labute approximate surface area is 231 Å². The van der Waals surface area contributed by atoms with Gasteiger partial charge in [0.05, 0.1) is 5.69 Å². The summed E-state index contributed by atoms with van der Waals surface area (Å²) in [6, 6.07) is 16.6. The fourth-order valence-electron chi connectivity index (χ4n) is 4.97. The number of carbonyl (C=O) groups is 2. The minimum absolute atomic E-state index is 0.163. The quantitative estimate of drug-likeness (QED) is 0.476. The third-order valence-corrected chi connectivity index (χ3v) is 8.98. The first kappa shape index (κ1) is 26.9. The second-order valence-corrected chi connectivity index (χ2v) is 13.2. The van der Waals surface area contributed by atoms with Gasteiger partial charge in [-0.2, -0.15) is 8.42 Å². The SMILES string of the molecule is CC(C)(C)OC(=O)NS(=O)(=O)N1CC2(CCN(C(=O)Nc3nnc(-c4ccccc4)s3)CC2)c2ccccc21. The molecule has 2 aliphatic heterocycles. The maximum Gasteiger partial charge on any atom is 0.422 e. The van der Waals surface area contributed by atoms with Crippen molar-refractivity contribution in [1.82, 2.24) is 19.8 Å². The van der Waals surface area contributed by atoms with Crippen LogP contribution in [0, 0.1) is 0 Å². The van der Waals surface area contributed by atoms with Crippen LogP contribution in [0.2, 0.25) is 0 Å². The molecular weight excluding hydrogens is 540 g/mol. The summed E-state index contributed by atoms with van der Waals surface area (Å²) in [5, 5.41) is 12.2. The largest absolute Gasteiger partial charge is 0.443 e. The molecule has 3 amide bonds. The number of amides is 3. The Balaban J connectivity index is 1.26. The molecule has 0 bridgehead atoms. The lowest BCUT2D eigenvalue weighted by molar-refractivity contribution is 0.0570. The van der Waals surface area contributed by atoms with E-state index in [2.05, 4.69) is 15.5 Å². The van der Waals surface area contributed by atoms with E-state index < -0.39 is 27.3 Å². The second kappa shape index (κ2) is 10.1. The van der Waals surface area contributed by atoms with E-state index in [9.17, 15) is 18.0 Å². The highest BCUT2D eigenvalue weighted by atomic mass is 32.2. The first-order chi connectivity index (χ1) is 18.5. The minimum atomic E-state index is -4.21. The molecule has 1 aromatic heterocycles. The van der Waals surface area contributed by atoms with Gasteiger partial charge in [0.25, 0.3) is 0 Å². The van der Waals surface area contributed by atoms with Crippen LogP contribution in [0.15, 0.2) is 54.6 Å². The van der Waals surface area contributed by atoms with Crippen molar-refractivity contribution in [3.05, 3.63) is 60.2 Å². The number of urea groups is 1. The van der Waals surface area contributed by atoms with Crippen LogP contribution in [-0.2, 0) is 20.4 Å². The number of anilines is 2. The van der Waals surface area contributed by atoms with Crippen molar-refractivity contribution >= 4 is 44.5 Å². The van der Waals surface area contributed by atoms with Crippen molar-refractivity contribution in [1.29, 1.82) is 0 Å². The lowest BCUT2D eigenvalue weighted by atomic mass is 9.74. The number of rotatable bonds is 4. The Morgan fingerprint density at radius 2 is 1.67 bits per heavy atom. The molecule has 206 valence electrons. The molecule has 0 unspecified atom stereocenters. The summed E-state index contributed by atoms with van der Waals surface area (Å²) in [6.07, 6.45) is 0.0854. The number of nitrogens with zero attached hydrogens (tertiary/aromatic N) is 4. The number of nitrogens with one attached hydrogen (secondary N) is 2. The van der Waals surface area contributed by atoms with Gasteiger partial charge in [-0.15, -0.1) is 10.2 Å². The Bertz CT molecular complexity index is 1480. The number of piperidine rings is 1. The first-order valence-corrected chi connectivity index (χ1v) is 14.8. The van der Waals surface area contributed by atoms with Crippen molar-refractivity contribution in [2.45, 2.75) is 44.6 Å². The van der Waals surface area contributed by atoms with Gasteiger partial charge in [-0.25, -0.2) is 14.3 Å². The molecular formula is C26H30N6O5S2. The predicted molar refractivity (Wildman–Crippen MR) is 149 cm³/mol. The molecule has 11 nitrogen and oxygen atoms in total. The molecule has 3 heterocycles. The molecule has 39 heavy (non-hydrogen) atoms. The standard InChI is InChI=1S/C26H30N6O5S2/c1-25(2,3)37-24(34)30-39(35,36)32-17-26(19-11-7-8-12-20(19)32)13-15-31(16-14-26)23(33)27-22-29-28-21(38-22)18-9-5-4-6-10-18/h4-12H,13-17H2,1-3H3,(H,30,34)(H,27,29,33). The van der Waals surface area contributed by atoms with Crippen molar-refractivity contribution in [3.63, 3.8) is 0 Å². The van der Waals surface area contributed by atoms with Crippen LogP contribution in [-0.4, -0.2) is 60.9 Å². The van der Waals surface area contributed by atoms with Gasteiger partial charge >= 0.3 is 22.3 Å². The molecule has 1 spiro atoms. The van der Waals surface area contributed by atoms with E-state index in [1.165, 1.54) is 15.6 Å². The molecule has 2 N–H and O–H groups in total. The van der Waals surface area contributed by atoms with Crippen LogP contribution < -0.4 is 14.3 Å². The number of ether oxygens (including phenoxy) is 1. The Hall–Kier alpha value is -3.71. The van der Waals surface area contributed by atoms with Gasteiger partial charge in [-0.1, -0.05) is 59.9 Å². The van der Waals surface area contributed by atoms with Crippen LogP contribution in [0.4, 0.5) is 20.4 Å². The average Bonchev–Trinajstić information content (AvgIpc) is 3.47. The molecule has 1 saturated heterocycles. The number of benzene rings is 2. The first-order valence-electron chi connectivity index (χ1n) is 12.5. The van der Waals surface area contributed by atoms with E-state index in [1.807, 2.05) is 47.2 Å². The van der Waals surface area contributed by atoms with Gasteiger partial charge in [-0.3, -0.25) is 9.62 Å². The normalized spacial score (nSPS) is 16.6. The van der Waals surface area contributed by atoms with Gasteiger partial charge in [0.1, 0.15) is 10.6 Å². The number of para-hydroxylation sites is 1. The summed E-state index contributed by atoms with van der Waals surface area (Å²) in [6.45, 7) is 6.01. The number of aromatic nitrogens is 2. The van der Waals surface area contributed by atoms with E-state index in [-0.39, 0.29) is 12.6 Å². The monoisotopic (exact) mass is 570 g/mol. The van der Waals surface area contributed by atoms with Crippen LogP contribution in [0.1, 0.15) is 39.2 Å². The van der Waals surface area contributed by atoms with Gasteiger partial charge < -0.3 is 9.64 Å². The predicted octanol–water partition coefficient (Wildman–Crippen LogP) is 4.36. The highest BCUT2D eigenvalue weighted by Gasteiger charge is 2.48. The average molecular weight is 571 g/mol. The van der Waals surface area contributed by atoms with E-state index in [1.54, 1.807) is 37.8 Å². The fraction of sp³-hybridized carbons (Fsp3) is 0.385. The molecule has 5 rings (SSSR count). The van der Waals surface area contributed by atoms with Crippen molar-refractivity contribution in [3.8, 4) is 10.6 Å². The third-order valence-electron chi connectivity index (χ3n) is 6.76. The summed E-state index contributed by atoms with van der Waals surface area (Å²) in [4.78, 5) is 27.0. The minimum Gasteiger partial charge on any atom is -0.443 e. The van der Waals surface area contributed by atoms with Crippen molar-refractivity contribution in [2.24, 2.45) is 0 Å². The Morgan fingerprint density at radius 1 is 1.00 bits per heavy atom. The molecule has 0 atom stereocenters. The molecule has 0 aliphatic carbocycles.